The van der Waals surface area contributed by atoms with Crippen LogP contribution in [0.3, 0.4) is 0 Å². The molecule has 1 amide bonds. The molecule has 0 aliphatic heterocycles. The molecule has 2 aromatic carbocycles. The minimum Gasteiger partial charge on any atom is -0.325 e. The highest BCUT2D eigenvalue weighted by atomic mass is 79.9. The molecule has 1 N–H and O–H groups in total. The van der Waals surface area contributed by atoms with Gasteiger partial charge >= 0.3 is 0 Å². The molecule has 2 nitrogen and oxygen atoms in total. The standard InChI is InChI=1S/C18H16BrNO/c19-14-7-3-4-8-15(14)20-18(21)17-13-10-9-11-5-1-2-6-12(11)16(13)17/h1-8,13,16-17H,9-10H2,(H,20,21). The normalized spacial score (nSPS) is 25.7. The van der Waals surface area contributed by atoms with Crippen molar-refractivity contribution in [3.05, 3.63) is 64.1 Å². The van der Waals surface area contributed by atoms with Gasteiger partial charge in [-0.15, -0.1) is 0 Å². The second kappa shape index (κ2) is 4.99. The van der Waals surface area contributed by atoms with Gasteiger partial charge in [0, 0.05) is 10.4 Å². The first-order valence-electron chi connectivity index (χ1n) is 7.39. The zero-order chi connectivity index (χ0) is 14.4. The lowest BCUT2D eigenvalue weighted by Gasteiger charge is -2.13. The molecule has 1 fully saturated rings. The van der Waals surface area contributed by atoms with Crippen molar-refractivity contribution in [2.24, 2.45) is 11.8 Å². The van der Waals surface area contributed by atoms with E-state index in [-0.39, 0.29) is 11.8 Å². The van der Waals surface area contributed by atoms with Gasteiger partial charge in [0.2, 0.25) is 5.91 Å². The fourth-order valence-corrected chi connectivity index (χ4v) is 4.09. The monoisotopic (exact) mass is 341 g/mol. The Balaban J connectivity index is 1.55. The van der Waals surface area contributed by atoms with E-state index in [1.54, 1.807) is 0 Å². The number of benzene rings is 2. The highest BCUT2D eigenvalue weighted by Crippen LogP contribution is 2.60. The predicted molar refractivity (Wildman–Crippen MR) is 87.3 cm³/mol. The Morgan fingerprint density at radius 2 is 1.86 bits per heavy atom. The fraction of sp³-hybridized carbons (Fsp3) is 0.278. The van der Waals surface area contributed by atoms with E-state index in [9.17, 15) is 4.79 Å². The van der Waals surface area contributed by atoms with E-state index in [0.29, 0.717) is 11.8 Å². The summed E-state index contributed by atoms with van der Waals surface area (Å²) in [7, 11) is 0. The maximum Gasteiger partial charge on any atom is 0.228 e. The Morgan fingerprint density at radius 3 is 2.71 bits per heavy atom. The number of fused-ring (bicyclic) bond motifs is 3. The topological polar surface area (TPSA) is 29.1 Å². The van der Waals surface area contributed by atoms with Crippen LogP contribution in [0.15, 0.2) is 53.0 Å². The molecule has 2 aromatic rings. The number of amides is 1. The van der Waals surface area contributed by atoms with E-state index in [4.69, 9.17) is 0 Å². The second-order valence-electron chi connectivity index (χ2n) is 5.92. The van der Waals surface area contributed by atoms with Crippen LogP contribution >= 0.6 is 15.9 Å². The smallest absolute Gasteiger partial charge is 0.228 e. The number of aryl methyl sites for hydroxylation is 1. The Hall–Kier alpha value is -1.61. The fourth-order valence-electron chi connectivity index (χ4n) is 3.70. The molecule has 0 radical (unpaired) electrons. The molecule has 3 unspecified atom stereocenters. The van der Waals surface area contributed by atoms with Crippen LogP contribution in [-0.2, 0) is 11.2 Å². The molecule has 21 heavy (non-hydrogen) atoms. The summed E-state index contributed by atoms with van der Waals surface area (Å²) < 4.78 is 0.933. The zero-order valence-electron chi connectivity index (χ0n) is 11.6. The van der Waals surface area contributed by atoms with Crippen LogP contribution in [0.1, 0.15) is 23.5 Å². The Bertz CT molecular complexity index is 712. The number of anilines is 1. The summed E-state index contributed by atoms with van der Waals surface area (Å²) in [5.41, 5.74) is 3.68. The molecule has 0 saturated heterocycles. The molecular formula is C18H16BrNO. The van der Waals surface area contributed by atoms with Gasteiger partial charge < -0.3 is 5.32 Å². The molecule has 1 saturated carbocycles. The SMILES string of the molecule is O=C(Nc1ccccc1Br)C1C2CCc3ccccc3C21. The van der Waals surface area contributed by atoms with Crippen molar-refractivity contribution in [3.63, 3.8) is 0 Å². The Labute approximate surface area is 132 Å². The number of carbonyl (C=O) groups excluding carboxylic acids is 1. The summed E-state index contributed by atoms with van der Waals surface area (Å²) in [6.45, 7) is 0. The van der Waals surface area contributed by atoms with Crippen molar-refractivity contribution in [1.82, 2.24) is 0 Å². The summed E-state index contributed by atoms with van der Waals surface area (Å²) in [5.74, 6) is 1.26. The van der Waals surface area contributed by atoms with Gasteiger partial charge in [-0.3, -0.25) is 4.79 Å². The van der Waals surface area contributed by atoms with Gasteiger partial charge in [-0.2, -0.15) is 0 Å². The van der Waals surface area contributed by atoms with E-state index >= 15 is 0 Å². The molecular weight excluding hydrogens is 326 g/mol. The number of hydrogen-bond donors (Lipinski definition) is 1. The first-order valence-corrected chi connectivity index (χ1v) is 8.18. The highest BCUT2D eigenvalue weighted by molar-refractivity contribution is 9.10. The Morgan fingerprint density at radius 1 is 1.10 bits per heavy atom. The minimum atomic E-state index is 0.140. The van der Waals surface area contributed by atoms with Crippen molar-refractivity contribution >= 4 is 27.5 Å². The number of nitrogens with one attached hydrogen (secondary N) is 1. The molecule has 0 spiro atoms. The van der Waals surface area contributed by atoms with Gasteiger partial charge in [0.1, 0.15) is 0 Å². The van der Waals surface area contributed by atoms with Crippen LogP contribution in [-0.4, -0.2) is 5.91 Å². The van der Waals surface area contributed by atoms with Crippen molar-refractivity contribution in [1.29, 1.82) is 0 Å². The average molecular weight is 342 g/mol. The van der Waals surface area contributed by atoms with Gasteiger partial charge in [-0.25, -0.2) is 0 Å². The number of para-hydroxylation sites is 1. The van der Waals surface area contributed by atoms with E-state index in [0.717, 1.165) is 23.0 Å². The summed E-state index contributed by atoms with van der Waals surface area (Å²) >= 11 is 3.48. The van der Waals surface area contributed by atoms with Crippen molar-refractivity contribution in [2.75, 3.05) is 5.32 Å². The largest absolute Gasteiger partial charge is 0.325 e. The maximum atomic E-state index is 12.6. The molecule has 4 rings (SSSR count). The molecule has 2 aliphatic rings. The van der Waals surface area contributed by atoms with Crippen molar-refractivity contribution < 1.29 is 4.79 Å². The summed E-state index contributed by atoms with van der Waals surface area (Å²) in [6, 6.07) is 16.3. The maximum absolute atomic E-state index is 12.6. The highest BCUT2D eigenvalue weighted by Gasteiger charge is 2.56. The lowest BCUT2D eigenvalue weighted by Crippen LogP contribution is -2.15. The third-order valence-corrected chi connectivity index (χ3v) is 5.46. The molecule has 3 atom stereocenters. The molecule has 0 bridgehead atoms. The van der Waals surface area contributed by atoms with Gasteiger partial charge in [-0.05, 0) is 63.9 Å². The zero-order valence-corrected chi connectivity index (χ0v) is 13.1. The molecule has 0 aromatic heterocycles. The van der Waals surface area contributed by atoms with Gasteiger partial charge in [0.05, 0.1) is 5.69 Å². The van der Waals surface area contributed by atoms with E-state index in [1.807, 2.05) is 24.3 Å². The second-order valence-corrected chi connectivity index (χ2v) is 6.78. The number of hydrogen-bond acceptors (Lipinski definition) is 1. The van der Waals surface area contributed by atoms with Crippen LogP contribution in [0.4, 0.5) is 5.69 Å². The third kappa shape index (κ3) is 2.20. The number of carbonyl (C=O) groups is 1. The van der Waals surface area contributed by atoms with Crippen LogP contribution in [0.25, 0.3) is 0 Å². The molecule has 0 heterocycles. The molecule has 106 valence electrons. The first-order chi connectivity index (χ1) is 10.3. The van der Waals surface area contributed by atoms with Crippen LogP contribution < -0.4 is 5.32 Å². The van der Waals surface area contributed by atoms with E-state index < -0.39 is 0 Å². The Kier molecular flexibility index (Phi) is 3.11. The van der Waals surface area contributed by atoms with Crippen LogP contribution in [0, 0.1) is 11.8 Å². The lowest BCUT2D eigenvalue weighted by atomic mass is 9.92. The summed E-state index contributed by atoms with van der Waals surface area (Å²) in [4.78, 5) is 12.6. The van der Waals surface area contributed by atoms with Gasteiger partial charge in [0.25, 0.3) is 0 Å². The quantitative estimate of drug-likeness (QED) is 0.863. The third-order valence-electron chi connectivity index (χ3n) is 4.76. The van der Waals surface area contributed by atoms with Crippen molar-refractivity contribution in [3.8, 4) is 0 Å². The van der Waals surface area contributed by atoms with Crippen LogP contribution in [0.2, 0.25) is 0 Å². The first kappa shape index (κ1) is 13.1. The van der Waals surface area contributed by atoms with E-state index in [2.05, 4.69) is 45.5 Å². The minimum absolute atomic E-state index is 0.140. The average Bonchev–Trinajstić information content (AvgIpc) is 3.24. The van der Waals surface area contributed by atoms with Gasteiger partial charge in [0.15, 0.2) is 0 Å². The summed E-state index contributed by atoms with van der Waals surface area (Å²) in [6.07, 6.45) is 2.24. The molecule has 2 aliphatic carbocycles. The lowest BCUT2D eigenvalue weighted by molar-refractivity contribution is -0.117. The van der Waals surface area contributed by atoms with Crippen LogP contribution in [0.5, 0.6) is 0 Å². The number of rotatable bonds is 2. The van der Waals surface area contributed by atoms with E-state index in [1.165, 1.54) is 11.1 Å². The predicted octanol–water partition coefficient (Wildman–Crippen LogP) is 4.36. The summed E-state index contributed by atoms with van der Waals surface area (Å²) in [5, 5.41) is 3.07. The van der Waals surface area contributed by atoms with Crippen molar-refractivity contribution in [2.45, 2.75) is 18.8 Å². The number of halogens is 1. The van der Waals surface area contributed by atoms with Gasteiger partial charge in [-0.1, -0.05) is 36.4 Å². The molecule has 3 heteroatoms.